The van der Waals surface area contributed by atoms with E-state index in [-0.39, 0.29) is 0 Å². The maximum Gasteiger partial charge on any atom is 0.229 e. The Morgan fingerprint density at radius 1 is 1.32 bits per heavy atom. The van der Waals surface area contributed by atoms with Gasteiger partial charge in [-0.1, -0.05) is 12.1 Å². The van der Waals surface area contributed by atoms with Gasteiger partial charge in [-0.15, -0.1) is 0 Å². The van der Waals surface area contributed by atoms with Crippen molar-refractivity contribution in [2.45, 2.75) is 6.54 Å². The molecule has 2 aromatic rings. The molecule has 1 saturated heterocycles. The zero-order valence-corrected chi connectivity index (χ0v) is 13.7. The quantitative estimate of drug-likeness (QED) is 0.868. The van der Waals surface area contributed by atoms with E-state index < -0.39 is 0 Å². The number of morpholine rings is 1. The van der Waals surface area contributed by atoms with Crippen molar-refractivity contribution in [2.75, 3.05) is 37.4 Å². The van der Waals surface area contributed by atoms with Crippen LogP contribution in [0.1, 0.15) is 5.56 Å². The van der Waals surface area contributed by atoms with E-state index in [1.165, 1.54) is 5.56 Å². The van der Waals surface area contributed by atoms with Crippen molar-refractivity contribution in [2.24, 2.45) is 0 Å². The minimum Gasteiger partial charge on any atom is -0.383 e. The normalized spacial score (nSPS) is 15.7. The topological polar surface area (TPSA) is 76.3 Å². The van der Waals surface area contributed by atoms with E-state index in [9.17, 15) is 0 Å². The minimum absolute atomic E-state index is 0.418. The van der Waals surface area contributed by atoms with Crippen LogP contribution in [0, 0.1) is 0 Å². The van der Waals surface area contributed by atoms with Crippen LogP contribution >= 0.6 is 15.9 Å². The first-order valence-corrected chi connectivity index (χ1v) is 7.94. The van der Waals surface area contributed by atoms with Gasteiger partial charge in [-0.2, -0.15) is 4.98 Å². The molecular weight excluding hydrogens is 346 g/mol. The van der Waals surface area contributed by atoms with Crippen LogP contribution in [0.3, 0.4) is 0 Å². The van der Waals surface area contributed by atoms with E-state index in [1.54, 1.807) is 6.20 Å². The molecule has 1 aliphatic rings. The fourth-order valence-corrected chi connectivity index (χ4v) is 2.53. The maximum absolute atomic E-state index is 5.77. The molecule has 116 valence electrons. The Morgan fingerprint density at radius 3 is 2.91 bits per heavy atom. The van der Waals surface area contributed by atoms with Crippen LogP contribution in [0.25, 0.3) is 0 Å². The van der Waals surface area contributed by atoms with Gasteiger partial charge in [0.25, 0.3) is 0 Å². The van der Waals surface area contributed by atoms with Crippen LogP contribution < -0.4 is 11.1 Å². The standard InChI is InChI=1S/C15H18BrN5O/c16-13-9-18-15(20-14(13)17)19-12-3-1-2-11(8-12)10-21-4-6-22-7-5-21/h1-3,8-9H,4-7,10H2,(H3,17,18,19,20). The number of rotatable bonds is 4. The zero-order valence-electron chi connectivity index (χ0n) is 12.1. The summed E-state index contributed by atoms with van der Waals surface area (Å²) < 4.78 is 6.07. The van der Waals surface area contributed by atoms with Crippen molar-refractivity contribution in [1.29, 1.82) is 0 Å². The van der Waals surface area contributed by atoms with Gasteiger partial charge in [-0.05, 0) is 33.6 Å². The van der Waals surface area contributed by atoms with Crippen molar-refractivity contribution in [3.8, 4) is 0 Å². The lowest BCUT2D eigenvalue weighted by Crippen LogP contribution is -2.35. The van der Waals surface area contributed by atoms with E-state index in [2.05, 4.69) is 48.2 Å². The fraction of sp³-hybridized carbons (Fsp3) is 0.333. The fourth-order valence-electron chi connectivity index (χ4n) is 2.33. The Hall–Kier alpha value is -1.70. The van der Waals surface area contributed by atoms with Gasteiger partial charge in [0.2, 0.25) is 5.95 Å². The number of nitrogens with zero attached hydrogens (tertiary/aromatic N) is 3. The molecule has 6 nitrogen and oxygen atoms in total. The second-order valence-electron chi connectivity index (χ2n) is 5.14. The predicted molar refractivity (Wildman–Crippen MR) is 90.0 cm³/mol. The Labute approximate surface area is 137 Å². The molecule has 3 N–H and O–H groups in total. The molecule has 0 unspecified atom stereocenters. The van der Waals surface area contributed by atoms with Gasteiger partial charge in [-0.25, -0.2) is 4.98 Å². The summed E-state index contributed by atoms with van der Waals surface area (Å²) in [4.78, 5) is 10.8. The Bertz CT molecular complexity index is 646. The van der Waals surface area contributed by atoms with Gasteiger partial charge >= 0.3 is 0 Å². The summed E-state index contributed by atoms with van der Waals surface area (Å²) in [7, 11) is 0. The van der Waals surface area contributed by atoms with Crippen LogP contribution in [-0.2, 0) is 11.3 Å². The molecule has 1 aromatic carbocycles. The van der Waals surface area contributed by atoms with Crippen LogP contribution in [0.15, 0.2) is 34.9 Å². The summed E-state index contributed by atoms with van der Waals surface area (Å²) >= 11 is 3.29. The van der Waals surface area contributed by atoms with Gasteiger partial charge in [0, 0.05) is 31.5 Å². The van der Waals surface area contributed by atoms with E-state index in [0.717, 1.165) is 38.5 Å². The molecule has 1 fully saturated rings. The highest BCUT2D eigenvalue weighted by molar-refractivity contribution is 9.10. The summed E-state index contributed by atoms with van der Waals surface area (Å²) in [6, 6.07) is 8.25. The molecule has 2 heterocycles. The van der Waals surface area contributed by atoms with Gasteiger partial charge in [0.05, 0.1) is 17.7 Å². The third kappa shape index (κ3) is 3.94. The minimum atomic E-state index is 0.418. The molecule has 1 aromatic heterocycles. The largest absolute Gasteiger partial charge is 0.383 e. The summed E-state index contributed by atoms with van der Waals surface area (Å²) in [6.45, 7) is 4.49. The molecule has 0 aliphatic carbocycles. The third-order valence-corrected chi connectivity index (χ3v) is 4.08. The van der Waals surface area contributed by atoms with Crippen LogP contribution in [-0.4, -0.2) is 41.2 Å². The number of hydrogen-bond donors (Lipinski definition) is 2. The number of halogens is 1. The molecule has 0 bridgehead atoms. The van der Waals surface area contributed by atoms with E-state index >= 15 is 0 Å². The average molecular weight is 364 g/mol. The predicted octanol–water partition coefficient (Wildman–Crippen LogP) is 2.40. The molecular formula is C15H18BrN5O. The van der Waals surface area contributed by atoms with Crippen molar-refractivity contribution >= 4 is 33.4 Å². The van der Waals surface area contributed by atoms with Gasteiger partial charge in [0.1, 0.15) is 5.82 Å². The number of benzene rings is 1. The molecule has 1 aliphatic heterocycles. The number of ether oxygens (including phenoxy) is 1. The lowest BCUT2D eigenvalue weighted by Gasteiger charge is -2.26. The van der Waals surface area contributed by atoms with Gasteiger partial charge in [0.15, 0.2) is 0 Å². The van der Waals surface area contributed by atoms with Crippen LogP contribution in [0.4, 0.5) is 17.5 Å². The summed E-state index contributed by atoms with van der Waals surface area (Å²) in [5.74, 6) is 0.909. The van der Waals surface area contributed by atoms with Gasteiger partial charge in [-0.3, -0.25) is 4.90 Å². The number of aromatic nitrogens is 2. The molecule has 0 atom stereocenters. The Kier molecular flexibility index (Phi) is 4.87. The SMILES string of the molecule is Nc1nc(Nc2cccc(CN3CCOCC3)c2)ncc1Br. The van der Waals surface area contributed by atoms with E-state index in [4.69, 9.17) is 10.5 Å². The monoisotopic (exact) mass is 363 g/mol. The molecule has 0 amide bonds. The summed E-state index contributed by atoms with van der Waals surface area (Å²) in [5.41, 5.74) is 7.97. The number of nitrogens with two attached hydrogens (primary N) is 1. The van der Waals surface area contributed by atoms with Gasteiger partial charge < -0.3 is 15.8 Å². The lowest BCUT2D eigenvalue weighted by atomic mass is 10.2. The number of nitrogen functional groups attached to an aromatic ring is 1. The lowest BCUT2D eigenvalue weighted by molar-refractivity contribution is 0.0342. The van der Waals surface area contributed by atoms with E-state index in [0.29, 0.717) is 16.2 Å². The van der Waals surface area contributed by atoms with Crippen molar-refractivity contribution < 1.29 is 4.74 Å². The first-order valence-electron chi connectivity index (χ1n) is 7.15. The summed E-state index contributed by atoms with van der Waals surface area (Å²) in [5, 5.41) is 3.18. The molecule has 0 spiro atoms. The van der Waals surface area contributed by atoms with Crippen molar-refractivity contribution in [3.63, 3.8) is 0 Å². The smallest absolute Gasteiger partial charge is 0.229 e. The van der Waals surface area contributed by atoms with Crippen molar-refractivity contribution in [3.05, 3.63) is 40.5 Å². The number of nitrogens with one attached hydrogen (secondary N) is 1. The second kappa shape index (κ2) is 7.04. The molecule has 7 heteroatoms. The highest BCUT2D eigenvalue weighted by Gasteiger charge is 2.11. The first-order chi connectivity index (χ1) is 10.7. The number of anilines is 3. The van der Waals surface area contributed by atoms with Crippen LogP contribution in [0.2, 0.25) is 0 Å². The Balaban J connectivity index is 1.68. The Morgan fingerprint density at radius 2 is 2.14 bits per heavy atom. The molecule has 3 rings (SSSR count). The molecule has 0 saturated carbocycles. The third-order valence-electron chi connectivity index (χ3n) is 3.46. The zero-order chi connectivity index (χ0) is 15.4. The second-order valence-corrected chi connectivity index (χ2v) is 6.00. The summed E-state index contributed by atoms with van der Waals surface area (Å²) in [6.07, 6.45) is 1.64. The van der Waals surface area contributed by atoms with Crippen LogP contribution in [0.5, 0.6) is 0 Å². The highest BCUT2D eigenvalue weighted by Crippen LogP contribution is 2.20. The molecule has 0 radical (unpaired) electrons. The average Bonchev–Trinajstić information content (AvgIpc) is 2.52. The maximum atomic E-state index is 5.77. The van der Waals surface area contributed by atoms with E-state index in [1.807, 2.05) is 12.1 Å². The number of hydrogen-bond acceptors (Lipinski definition) is 6. The van der Waals surface area contributed by atoms with Crippen molar-refractivity contribution in [1.82, 2.24) is 14.9 Å². The first kappa shape index (κ1) is 15.2. The highest BCUT2D eigenvalue weighted by atomic mass is 79.9. The molecule has 22 heavy (non-hydrogen) atoms.